The highest BCUT2D eigenvalue weighted by atomic mass is 32.2. The first-order valence-electron chi connectivity index (χ1n) is 9.44. The molecule has 0 N–H and O–H groups in total. The van der Waals surface area contributed by atoms with E-state index in [9.17, 15) is 27.0 Å². The second kappa shape index (κ2) is 9.57. The van der Waals surface area contributed by atoms with Gasteiger partial charge in [-0.05, 0) is 25.1 Å². The number of nitrogens with zero attached hydrogens (tertiary/aromatic N) is 4. The summed E-state index contributed by atoms with van der Waals surface area (Å²) >= 11 is 0. The zero-order valence-electron chi connectivity index (χ0n) is 17.8. The van der Waals surface area contributed by atoms with Crippen LogP contribution in [0.4, 0.5) is 18.0 Å². The van der Waals surface area contributed by atoms with E-state index in [0.717, 1.165) is 11.5 Å². The van der Waals surface area contributed by atoms with Crippen LogP contribution in [-0.4, -0.2) is 55.6 Å². The molecule has 2 aromatic heterocycles. The number of ether oxygens (including phenoxy) is 1. The van der Waals surface area contributed by atoms with Gasteiger partial charge in [-0.3, -0.25) is 14.0 Å². The summed E-state index contributed by atoms with van der Waals surface area (Å²) in [5.41, 5.74) is 1.20. The molecule has 9 nitrogen and oxygen atoms in total. The third kappa shape index (κ3) is 5.66. The molecule has 0 fully saturated rings. The van der Waals surface area contributed by atoms with Crippen LogP contribution in [0.25, 0.3) is 11.0 Å². The molecule has 0 radical (unpaired) electrons. The molecular formula is C20H19F3N4O5S. The number of hydrogen-bond donors (Lipinski definition) is 0. The average Bonchev–Trinajstić information content (AvgIpc) is 3.12. The van der Waals surface area contributed by atoms with Gasteiger partial charge in [0.05, 0.1) is 40.3 Å². The van der Waals surface area contributed by atoms with Gasteiger partial charge in [-0.15, -0.1) is 0 Å². The second-order valence-electron chi connectivity index (χ2n) is 6.86. The minimum Gasteiger partial charge on any atom is -0.484 e. The Morgan fingerprint density at radius 2 is 1.91 bits per heavy atom. The van der Waals surface area contributed by atoms with Crippen molar-refractivity contribution in [1.82, 2.24) is 19.6 Å². The van der Waals surface area contributed by atoms with Gasteiger partial charge in [0.2, 0.25) is 5.16 Å². The Labute approximate surface area is 188 Å². The van der Waals surface area contributed by atoms with Crippen LogP contribution in [-0.2, 0) is 26.2 Å². The van der Waals surface area contributed by atoms with E-state index >= 15 is 0 Å². The number of halogens is 3. The molecule has 3 rings (SSSR count). The van der Waals surface area contributed by atoms with E-state index < -0.39 is 35.6 Å². The summed E-state index contributed by atoms with van der Waals surface area (Å²) < 4.78 is 56.6. The molecule has 0 bridgehead atoms. The summed E-state index contributed by atoms with van der Waals surface area (Å²) in [6.45, 7) is 1.14. The fourth-order valence-corrected chi connectivity index (χ4v) is 4.17. The van der Waals surface area contributed by atoms with E-state index in [-0.39, 0.29) is 27.9 Å². The molecule has 176 valence electrons. The van der Waals surface area contributed by atoms with E-state index in [4.69, 9.17) is 9.57 Å². The maximum absolute atomic E-state index is 13.2. The van der Waals surface area contributed by atoms with Gasteiger partial charge in [0.15, 0.2) is 6.61 Å². The summed E-state index contributed by atoms with van der Waals surface area (Å²) in [6, 6.07) is 6.99. The predicted molar refractivity (Wildman–Crippen MR) is 111 cm³/mol. The normalized spacial score (nSPS) is 12.4. The summed E-state index contributed by atoms with van der Waals surface area (Å²) in [5.74, 6) is -1.02. The number of hydroxylamine groups is 2. The van der Waals surface area contributed by atoms with Crippen LogP contribution in [0.5, 0.6) is 5.75 Å². The highest BCUT2D eigenvalue weighted by Gasteiger charge is 2.29. The van der Waals surface area contributed by atoms with Crippen LogP contribution >= 0.6 is 0 Å². The molecule has 3 aromatic rings. The fraction of sp³-hybridized carbons (Fsp3) is 0.300. The van der Waals surface area contributed by atoms with E-state index in [2.05, 4.69) is 9.97 Å². The smallest absolute Gasteiger partial charge is 0.422 e. The van der Waals surface area contributed by atoms with Crippen LogP contribution in [0.1, 0.15) is 18.2 Å². The lowest BCUT2D eigenvalue weighted by Crippen LogP contribution is -2.33. The molecule has 0 saturated heterocycles. The molecule has 1 atom stereocenters. The van der Waals surface area contributed by atoms with Crippen LogP contribution in [0, 0.1) is 6.92 Å². The third-order valence-corrected chi connectivity index (χ3v) is 5.59. The largest absolute Gasteiger partial charge is 0.484 e. The minimum absolute atomic E-state index is 0.0477. The molecule has 0 aliphatic heterocycles. The van der Waals surface area contributed by atoms with Gasteiger partial charge >= 0.3 is 18.2 Å². The Morgan fingerprint density at radius 1 is 1.21 bits per heavy atom. The van der Waals surface area contributed by atoms with Crippen molar-refractivity contribution in [2.45, 2.75) is 30.9 Å². The number of aromatic nitrogens is 3. The summed E-state index contributed by atoms with van der Waals surface area (Å²) in [5, 5.41) is 0.551. The van der Waals surface area contributed by atoms with Crippen molar-refractivity contribution in [2.24, 2.45) is 0 Å². The predicted octanol–water partition coefficient (Wildman–Crippen LogP) is 3.37. The molecule has 1 aromatic carbocycles. The number of alkyl halides is 3. The highest BCUT2D eigenvalue weighted by Crippen LogP contribution is 2.26. The van der Waals surface area contributed by atoms with E-state index in [0.29, 0.717) is 16.1 Å². The van der Waals surface area contributed by atoms with Gasteiger partial charge in [0, 0.05) is 18.7 Å². The molecule has 0 spiro atoms. The Bertz CT molecular complexity index is 1230. The maximum atomic E-state index is 13.2. The van der Waals surface area contributed by atoms with Crippen molar-refractivity contribution in [2.75, 3.05) is 13.7 Å². The van der Waals surface area contributed by atoms with Crippen LogP contribution < -0.4 is 4.74 Å². The van der Waals surface area contributed by atoms with Gasteiger partial charge < -0.3 is 9.57 Å². The van der Waals surface area contributed by atoms with E-state index in [1.54, 1.807) is 24.3 Å². The Balaban J connectivity index is 1.95. The monoisotopic (exact) mass is 484 g/mol. The number of pyridine rings is 1. The SMILES string of the molecule is CC(=O)ON(C)C(=O)n1c(S(=O)Cc2nccc(OCC(F)(F)F)c2C)nc2ccccc21. The third-order valence-electron chi connectivity index (χ3n) is 4.38. The molecule has 2 heterocycles. The lowest BCUT2D eigenvalue weighted by molar-refractivity contribution is -0.169. The standard InChI is InChI=1S/C20H19F3N4O5S/c1-12-15(24-9-8-17(12)31-11-20(21,22)23)10-33(30)18-25-14-6-4-5-7-16(14)27(18)19(29)26(3)32-13(2)28/h4-9H,10-11H2,1-3H3. The Morgan fingerprint density at radius 3 is 2.58 bits per heavy atom. The molecule has 1 amide bonds. The first-order valence-corrected chi connectivity index (χ1v) is 10.8. The zero-order chi connectivity index (χ0) is 24.3. The summed E-state index contributed by atoms with van der Waals surface area (Å²) in [7, 11) is -0.724. The molecule has 33 heavy (non-hydrogen) atoms. The van der Waals surface area contributed by atoms with Crippen LogP contribution in [0.3, 0.4) is 0 Å². The minimum atomic E-state index is -4.52. The number of carbonyl (C=O) groups excluding carboxylic acids is 2. The fourth-order valence-electron chi connectivity index (χ4n) is 2.92. The molecular weight excluding hydrogens is 465 g/mol. The topological polar surface area (TPSA) is 104 Å². The van der Waals surface area contributed by atoms with Gasteiger partial charge in [0.1, 0.15) is 5.75 Å². The van der Waals surface area contributed by atoms with Crippen molar-refractivity contribution >= 4 is 33.8 Å². The van der Waals surface area contributed by atoms with Gasteiger partial charge in [-0.25, -0.2) is 14.3 Å². The number of benzene rings is 1. The average molecular weight is 484 g/mol. The first-order chi connectivity index (χ1) is 15.5. The van der Waals surface area contributed by atoms with E-state index in [1.807, 2.05) is 0 Å². The molecule has 13 heteroatoms. The van der Waals surface area contributed by atoms with Crippen molar-refractivity contribution < 1.29 is 36.5 Å². The maximum Gasteiger partial charge on any atom is 0.422 e. The second-order valence-corrected chi connectivity index (χ2v) is 8.20. The van der Waals surface area contributed by atoms with Crippen LogP contribution in [0.2, 0.25) is 0 Å². The first kappa shape index (κ1) is 24.2. The Kier molecular flexibility index (Phi) is 7.01. The van der Waals surface area contributed by atoms with E-state index in [1.165, 1.54) is 26.2 Å². The number of fused-ring (bicyclic) bond motifs is 1. The summed E-state index contributed by atoms with van der Waals surface area (Å²) in [4.78, 5) is 37.4. The quantitative estimate of drug-likeness (QED) is 0.512. The number of carbonyl (C=O) groups is 2. The molecule has 0 saturated carbocycles. The van der Waals surface area contributed by atoms with Crippen molar-refractivity contribution in [3.63, 3.8) is 0 Å². The lowest BCUT2D eigenvalue weighted by Gasteiger charge is -2.17. The molecule has 0 aliphatic carbocycles. The number of imidazole rings is 1. The number of amides is 1. The highest BCUT2D eigenvalue weighted by molar-refractivity contribution is 7.84. The molecule has 1 unspecified atom stereocenters. The van der Waals surface area contributed by atoms with Crippen molar-refractivity contribution in [3.8, 4) is 5.75 Å². The summed E-state index contributed by atoms with van der Waals surface area (Å²) in [6.07, 6.45) is -3.27. The van der Waals surface area contributed by atoms with Crippen molar-refractivity contribution in [1.29, 1.82) is 0 Å². The molecule has 0 aliphatic rings. The van der Waals surface area contributed by atoms with Gasteiger partial charge in [-0.1, -0.05) is 12.1 Å². The number of para-hydroxylation sites is 2. The van der Waals surface area contributed by atoms with Gasteiger partial charge in [0.25, 0.3) is 0 Å². The zero-order valence-corrected chi connectivity index (χ0v) is 18.6. The Hall–Kier alpha value is -3.48. The van der Waals surface area contributed by atoms with Crippen LogP contribution in [0.15, 0.2) is 41.7 Å². The lowest BCUT2D eigenvalue weighted by atomic mass is 10.2. The number of hydrogen-bond acceptors (Lipinski definition) is 7. The number of rotatable bonds is 5. The van der Waals surface area contributed by atoms with Crippen molar-refractivity contribution in [3.05, 3.63) is 47.8 Å². The van der Waals surface area contributed by atoms with Gasteiger partial charge in [-0.2, -0.15) is 18.2 Å².